The molecule has 0 radical (unpaired) electrons. The maximum absolute atomic E-state index is 11.9. The maximum Gasteiger partial charge on any atom is 0.273 e. The first-order chi connectivity index (χ1) is 10.5. The molecule has 1 rings (SSSR count). The average Bonchev–Trinajstić information content (AvgIpc) is 2.95. The SMILES string of the molecule is CCC(C)CCCCNC(=O)c1cnc(OCCC(O)O)s1. The number of aliphatic hydroxyl groups excluding tert-OH is 1. The number of hydrogen-bond donors (Lipinski definition) is 3. The highest BCUT2D eigenvalue weighted by Crippen LogP contribution is 2.20. The predicted octanol–water partition coefficient (Wildman–Crippen LogP) is 2.17. The number of aliphatic hydroxyl groups is 2. The summed E-state index contributed by atoms with van der Waals surface area (Å²) in [6.45, 7) is 5.26. The van der Waals surface area contributed by atoms with Crippen LogP contribution in [0.1, 0.15) is 55.6 Å². The van der Waals surface area contributed by atoms with E-state index in [2.05, 4.69) is 24.1 Å². The first-order valence-electron chi connectivity index (χ1n) is 7.75. The third kappa shape index (κ3) is 7.72. The van der Waals surface area contributed by atoms with Crippen molar-refractivity contribution in [1.82, 2.24) is 10.3 Å². The minimum atomic E-state index is -1.39. The molecule has 1 unspecified atom stereocenters. The highest BCUT2D eigenvalue weighted by Gasteiger charge is 2.11. The monoisotopic (exact) mass is 330 g/mol. The summed E-state index contributed by atoms with van der Waals surface area (Å²) < 4.78 is 5.24. The van der Waals surface area contributed by atoms with Crippen molar-refractivity contribution in [1.29, 1.82) is 0 Å². The lowest BCUT2D eigenvalue weighted by Crippen LogP contribution is -2.23. The molecule has 0 fully saturated rings. The number of ether oxygens (including phenoxy) is 1. The van der Waals surface area contributed by atoms with Crippen LogP contribution in [-0.2, 0) is 0 Å². The highest BCUT2D eigenvalue weighted by molar-refractivity contribution is 7.15. The second kappa shape index (κ2) is 10.5. The summed E-state index contributed by atoms with van der Waals surface area (Å²) in [5.74, 6) is 0.604. The number of nitrogens with one attached hydrogen (secondary N) is 1. The molecule has 0 aliphatic rings. The summed E-state index contributed by atoms with van der Waals surface area (Å²) in [4.78, 5) is 16.4. The second-order valence-corrected chi connectivity index (χ2v) is 6.37. The largest absolute Gasteiger partial charge is 0.470 e. The van der Waals surface area contributed by atoms with E-state index in [0.29, 0.717) is 16.6 Å². The Hall–Kier alpha value is -1.18. The molecule has 1 aromatic heterocycles. The molecule has 1 amide bonds. The van der Waals surface area contributed by atoms with Crippen molar-refractivity contribution in [3.8, 4) is 5.19 Å². The molecule has 0 bridgehead atoms. The van der Waals surface area contributed by atoms with Gasteiger partial charge in [0.05, 0.1) is 12.8 Å². The van der Waals surface area contributed by atoms with E-state index in [1.165, 1.54) is 19.0 Å². The Morgan fingerprint density at radius 2 is 2.18 bits per heavy atom. The lowest BCUT2D eigenvalue weighted by atomic mass is 10.0. The Labute approximate surface area is 135 Å². The van der Waals surface area contributed by atoms with Crippen molar-refractivity contribution in [2.75, 3.05) is 13.2 Å². The van der Waals surface area contributed by atoms with Crippen molar-refractivity contribution in [2.24, 2.45) is 5.92 Å². The van der Waals surface area contributed by atoms with Crippen molar-refractivity contribution in [3.63, 3.8) is 0 Å². The molecule has 0 aromatic carbocycles. The third-order valence-electron chi connectivity index (χ3n) is 3.42. The van der Waals surface area contributed by atoms with Gasteiger partial charge in [-0.2, -0.15) is 0 Å². The highest BCUT2D eigenvalue weighted by atomic mass is 32.1. The lowest BCUT2D eigenvalue weighted by molar-refractivity contribution is -0.0519. The zero-order valence-corrected chi connectivity index (χ0v) is 14.1. The minimum Gasteiger partial charge on any atom is -0.470 e. The van der Waals surface area contributed by atoms with Gasteiger partial charge in [0.15, 0.2) is 6.29 Å². The first-order valence-corrected chi connectivity index (χ1v) is 8.57. The molecule has 126 valence electrons. The van der Waals surface area contributed by atoms with Gasteiger partial charge in [0.25, 0.3) is 11.1 Å². The second-order valence-electron chi connectivity index (χ2n) is 5.37. The van der Waals surface area contributed by atoms with Crippen LogP contribution in [0.3, 0.4) is 0 Å². The Balaban J connectivity index is 2.21. The number of aromatic nitrogens is 1. The van der Waals surface area contributed by atoms with Crippen LogP contribution in [0, 0.1) is 5.92 Å². The molecule has 1 heterocycles. The van der Waals surface area contributed by atoms with Gasteiger partial charge in [-0.3, -0.25) is 4.79 Å². The molecule has 1 aromatic rings. The van der Waals surface area contributed by atoms with Crippen LogP contribution in [0.5, 0.6) is 5.19 Å². The Kier molecular flexibility index (Phi) is 9.03. The van der Waals surface area contributed by atoms with Crippen molar-refractivity contribution in [2.45, 2.75) is 52.2 Å². The molecule has 0 spiro atoms. The van der Waals surface area contributed by atoms with Gasteiger partial charge in [0, 0.05) is 13.0 Å². The number of rotatable bonds is 11. The van der Waals surface area contributed by atoms with Gasteiger partial charge < -0.3 is 20.3 Å². The van der Waals surface area contributed by atoms with Crippen LogP contribution in [0.25, 0.3) is 0 Å². The van der Waals surface area contributed by atoms with E-state index < -0.39 is 6.29 Å². The van der Waals surface area contributed by atoms with Gasteiger partial charge >= 0.3 is 0 Å². The van der Waals surface area contributed by atoms with Gasteiger partial charge in [0.2, 0.25) is 0 Å². The molecule has 0 saturated carbocycles. The normalized spacial score (nSPS) is 12.4. The zero-order valence-electron chi connectivity index (χ0n) is 13.2. The number of nitrogens with zero attached hydrogens (tertiary/aromatic N) is 1. The quantitative estimate of drug-likeness (QED) is 0.427. The topological polar surface area (TPSA) is 91.7 Å². The van der Waals surface area contributed by atoms with Crippen LogP contribution < -0.4 is 10.1 Å². The standard InChI is InChI=1S/C15H26N2O4S/c1-3-11(2)6-4-5-8-16-14(20)12-10-17-15(22-12)21-9-7-13(18)19/h10-11,13,18-19H,3-9H2,1-2H3,(H,16,20). The van der Waals surface area contributed by atoms with E-state index >= 15 is 0 Å². The summed E-state index contributed by atoms with van der Waals surface area (Å²) in [7, 11) is 0. The van der Waals surface area contributed by atoms with E-state index in [9.17, 15) is 4.79 Å². The Morgan fingerprint density at radius 1 is 1.41 bits per heavy atom. The molecular weight excluding hydrogens is 304 g/mol. The van der Waals surface area contributed by atoms with Crippen molar-refractivity contribution >= 4 is 17.2 Å². The fourth-order valence-electron chi connectivity index (χ4n) is 1.79. The summed E-state index contributed by atoms with van der Waals surface area (Å²) in [6.07, 6.45) is 4.69. The van der Waals surface area contributed by atoms with Gasteiger partial charge in [-0.15, -0.1) is 0 Å². The molecule has 22 heavy (non-hydrogen) atoms. The van der Waals surface area contributed by atoms with E-state index in [4.69, 9.17) is 14.9 Å². The fraction of sp³-hybridized carbons (Fsp3) is 0.733. The number of hydrogen-bond acceptors (Lipinski definition) is 6. The van der Waals surface area contributed by atoms with Gasteiger partial charge in [-0.25, -0.2) is 4.98 Å². The first kappa shape index (κ1) is 18.9. The van der Waals surface area contributed by atoms with E-state index in [1.54, 1.807) is 0 Å². The van der Waals surface area contributed by atoms with Gasteiger partial charge in [-0.1, -0.05) is 44.4 Å². The molecule has 3 N–H and O–H groups in total. The van der Waals surface area contributed by atoms with E-state index in [0.717, 1.165) is 30.1 Å². The fourth-order valence-corrected chi connectivity index (χ4v) is 2.50. The molecule has 7 heteroatoms. The molecule has 0 saturated heterocycles. The number of carbonyl (C=O) groups is 1. The number of carbonyl (C=O) groups excluding carboxylic acids is 1. The maximum atomic E-state index is 11.9. The van der Waals surface area contributed by atoms with Crippen molar-refractivity contribution in [3.05, 3.63) is 11.1 Å². The summed E-state index contributed by atoms with van der Waals surface area (Å²) in [6, 6.07) is 0. The third-order valence-corrected chi connectivity index (χ3v) is 4.32. The van der Waals surface area contributed by atoms with Crippen LogP contribution in [0.15, 0.2) is 6.20 Å². The van der Waals surface area contributed by atoms with Gasteiger partial charge in [0.1, 0.15) is 4.88 Å². The average molecular weight is 330 g/mol. The number of unbranched alkanes of at least 4 members (excludes halogenated alkanes) is 1. The predicted molar refractivity (Wildman–Crippen MR) is 86.1 cm³/mol. The van der Waals surface area contributed by atoms with E-state index in [1.807, 2.05) is 0 Å². The van der Waals surface area contributed by atoms with E-state index in [-0.39, 0.29) is 18.9 Å². The Bertz CT molecular complexity index is 437. The molecule has 6 nitrogen and oxygen atoms in total. The Morgan fingerprint density at radius 3 is 2.86 bits per heavy atom. The minimum absolute atomic E-state index is 0.108. The molecule has 1 atom stereocenters. The van der Waals surface area contributed by atoms with Crippen LogP contribution in [0.2, 0.25) is 0 Å². The molecular formula is C15H26N2O4S. The van der Waals surface area contributed by atoms with Crippen LogP contribution in [0.4, 0.5) is 0 Å². The van der Waals surface area contributed by atoms with Crippen LogP contribution in [-0.4, -0.2) is 40.5 Å². The lowest BCUT2D eigenvalue weighted by Gasteiger charge is -2.07. The summed E-state index contributed by atoms with van der Waals surface area (Å²) >= 11 is 1.16. The smallest absolute Gasteiger partial charge is 0.273 e. The van der Waals surface area contributed by atoms with Crippen molar-refractivity contribution < 1.29 is 19.7 Å². The zero-order chi connectivity index (χ0) is 16.4. The number of thiazole rings is 1. The molecule has 0 aliphatic carbocycles. The molecule has 0 aliphatic heterocycles. The van der Waals surface area contributed by atoms with Gasteiger partial charge in [-0.05, 0) is 12.3 Å². The summed E-state index contributed by atoms with van der Waals surface area (Å²) in [5.41, 5.74) is 0. The van der Waals surface area contributed by atoms with Crippen LogP contribution >= 0.6 is 11.3 Å². The number of amides is 1. The summed E-state index contributed by atoms with van der Waals surface area (Å²) in [5, 5.41) is 20.7.